The van der Waals surface area contributed by atoms with Gasteiger partial charge in [0.15, 0.2) is 0 Å². The number of hydrogen-bond donors (Lipinski definition) is 1. The highest BCUT2D eigenvalue weighted by Gasteiger charge is 2.19. The molecule has 2 aromatic rings. The zero-order chi connectivity index (χ0) is 12.6. The van der Waals surface area contributed by atoms with Gasteiger partial charge in [-0.25, -0.2) is 9.37 Å². The molecule has 0 aliphatic heterocycles. The number of halogens is 2. The van der Waals surface area contributed by atoms with Gasteiger partial charge in [0.2, 0.25) is 0 Å². The average molecular weight is 315 g/mol. The summed E-state index contributed by atoms with van der Waals surface area (Å²) in [4.78, 5) is 4.39. The smallest absolute Gasteiger partial charge is 0.133 e. The van der Waals surface area contributed by atoms with E-state index in [2.05, 4.69) is 20.9 Å². The molecule has 0 saturated heterocycles. The highest BCUT2D eigenvalue weighted by molar-refractivity contribution is 9.10. The molecule has 5 heteroatoms. The highest BCUT2D eigenvalue weighted by atomic mass is 79.9. The molecule has 0 aliphatic rings. The Bertz CT molecular complexity index is 546. The third-order valence-electron chi connectivity index (χ3n) is 2.32. The fourth-order valence-corrected chi connectivity index (χ4v) is 2.73. The summed E-state index contributed by atoms with van der Waals surface area (Å²) in [6, 6.07) is 4.82. The van der Waals surface area contributed by atoms with E-state index in [1.165, 1.54) is 17.4 Å². The van der Waals surface area contributed by atoms with E-state index < -0.39 is 5.54 Å². The quantitative estimate of drug-likeness (QED) is 0.913. The van der Waals surface area contributed by atoms with Gasteiger partial charge in [0.05, 0.1) is 11.2 Å². The summed E-state index contributed by atoms with van der Waals surface area (Å²) >= 11 is 4.73. The van der Waals surface area contributed by atoms with Crippen LogP contribution in [0.4, 0.5) is 4.39 Å². The van der Waals surface area contributed by atoms with Crippen LogP contribution >= 0.6 is 27.3 Å². The van der Waals surface area contributed by atoms with E-state index >= 15 is 0 Å². The van der Waals surface area contributed by atoms with Gasteiger partial charge >= 0.3 is 0 Å². The molecule has 2 nitrogen and oxygen atoms in total. The van der Waals surface area contributed by atoms with Gasteiger partial charge in [-0.3, -0.25) is 0 Å². The molecular formula is C12H12BrFN2S. The van der Waals surface area contributed by atoms with Crippen molar-refractivity contribution in [2.75, 3.05) is 0 Å². The molecule has 0 fully saturated rings. The fourth-order valence-electron chi connectivity index (χ4n) is 1.35. The van der Waals surface area contributed by atoms with E-state index in [0.29, 0.717) is 10.6 Å². The molecule has 90 valence electrons. The number of nitrogens with two attached hydrogens (primary N) is 1. The van der Waals surface area contributed by atoms with Crippen LogP contribution < -0.4 is 5.73 Å². The minimum Gasteiger partial charge on any atom is -0.321 e. The SMILES string of the molecule is CC(C)(N)c1csc(-c2cc(Br)ccc2F)n1. The summed E-state index contributed by atoms with van der Waals surface area (Å²) in [5.41, 5.74) is 6.73. The predicted octanol–water partition coefficient (Wildman–Crippen LogP) is 3.91. The van der Waals surface area contributed by atoms with Crippen LogP contribution in [0.25, 0.3) is 10.6 Å². The van der Waals surface area contributed by atoms with Gasteiger partial charge in [0.1, 0.15) is 10.8 Å². The Morgan fingerprint density at radius 1 is 1.41 bits per heavy atom. The van der Waals surface area contributed by atoms with Crippen molar-refractivity contribution in [3.05, 3.63) is 39.6 Å². The second-order valence-electron chi connectivity index (χ2n) is 4.38. The Labute approximate surface area is 112 Å². The monoisotopic (exact) mass is 314 g/mol. The molecule has 17 heavy (non-hydrogen) atoms. The summed E-state index contributed by atoms with van der Waals surface area (Å²) in [6.45, 7) is 3.76. The predicted molar refractivity (Wildman–Crippen MR) is 72.4 cm³/mol. The number of thiazole rings is 1. The minimum atomic E-state index is -0.503. The number of rotatable bonds is 2. The second-order valence-corrected chi connectivity index (χ2v) is 6.16. The van der Waals surface area contributed by atoms with Gasteiger partial charge in [0.25, 0.3) is 0 Å². The summed E-state index contributed by atoms with van der Waals surface area (Å²) in [7, 11) is 0. The van der Waals surface area contributed by atoms with Crippen LogP contribution in [0, 0.1) is 5.82 Å². The zero-order valence-corrected chi connectivity index (χ0v) is 11.9. The Morgan fingerprint density at radius 2 is 2.12 bits per heavy atom. The summed E-state index contributed by atoms with van der Waals surface area (Å²) < 4.78 is 14.5. The van der Waals surface area contributed by atoms with Crippen molar-refractivity contribution >= 4 is 27.3 Å². The van der Waals surface area contributed by atoms with Crippen molar-refractivity contribution in [1.82, 2.24) is 4.98 Å². The third kappa shape index (κ3) is 2.73. The van der Waals surface area contributed by atoms with Gasteiger partial charge in [-0.2, -0.15) is 0 Å². The molecule has 0 bridgehead atoms. The molecule has 0 saturated carbocycles. The van der Waals surface area contributed by atoms with Gasteiger partial charge in [-0.05, 0) is 32.0 Å². The normalized spacial score (nSPS) is 11.8. The van der Waals surface area contributed by atoms with E-state index in [-0.39, 0.29) is 5.82 Å². The molecule has 0 amide bonds. The van der Waals surface area contributed by atoms with E-state index in [9.17, 15) is 4.39 Å². The van der Waals surface area contributed by atoms with Crippen LogP contribution in [0.2, 0.25) is 0 Å². The minimum absolute atomic E-state index is 0.274. The first-order valence-corrected chi connectivity index (χ1v) is 6.75. The third-order valence-corrected chi connectivity index (χ3v) is 3.69. The highest BCUT2D eigenvalue weighted by Crippen LogP contribution is 2.31. The first-order valence-electron chi connectivity index (χ1n) is 5.08. The molecule has 0 spiro atoms. The van der Waals surface area contributed by atoms with Crippen molar-refractivity contribution in [1.29, 1.82) is 0 Å². The van der Waals surface area contributed by atoms with Gasteiger partial charge in [0, 0.05) is 15.4 Å². The van der Waals surface area contributed by atoms with Crippen molar-refractivity contribution in [2.24, 2.45) is 5.73 Å². The Kier molecular flexibility index (Phi) is 3.34. The van der Waals surface area contributed by atoms with E-state index in [1.54, 1.807) is 12.1 Å². The summed E-state index contributed by atoms with van der Waals surface area (Å²) in [5.74, 6) is -0.274. The Hall–Kier alpha value is -0.780. The average Bonchev–Trinajstić information content (AvgIpc) is 2.70. The number of hydrogen-bond acceptors (Lipinski definition) is 3. The number of aromatic nitrogens is 1. The largest absolute Gasteiger partial charge is 0.321 e. The van der Waals surface area contributed by atoms with E-state index in [1.807, 2.05) is 19.2 Å². The fraction of sp³-hybridized carbons (Fsp3) is 0.250. The molecule has 0 unspecified atom stereocenters. The maximum Gasteiger partial charge on any atom is 0.133 e. The first-order chi connectivity index (χ1) is 7.88. The summed E-state index contributed by atoms with van der Waals surface area (Å²) in [6.07, 6.45) is 0. The Balaban J connectivity index is 2.47. The zero-order valence-electron chi connectivity index (χ0n) is 9.50. The molecule has 2 rings (SSSR count). The van der Waals surface area contributed by atoms with Crippen molar-refractivity contribution in [3.8, 4) is 10.6 Å². The van der Waals surface area contributed by atoms with Crippen LogP contribution in [0.3, 0.4) is 0 Å². The van der Waals surface area contributed by atoms with Crippen LogP contribution in [0.1, 0.15) is 19.5 Å². The maximum atomic E-state index is 13.7. The molecule has 0 atom stereocenters. The topological polar surface area (TPSA) is 38.9 Å². The van der Waals surface area contributed by atoms with Crippen LogP contribution in [0.5, 0.6) is 0 Å². The molecule has 2 N–H and O–H groups in total. The Morgan fingerprint density at radius 3 is 2.71 bits per heavy atom. The van der Waals surface area contributed by atoms with Gasteiger partial charge in [-0.15, -0.1) is 11.3 Å². The van der Waals surface area contributed by atoms with Crippen LogP contribution in [0.15, 0.2) is 28.1 Å². The maximum absolute atomic E-state index is 13.7. The number of nitrogens with zero attached hydrogens (tertiary/aromatic N) is 1. The lowest BCUT2D eigenvalue weighted by Gasteiger charge is -2.14. The standard InChI is InChI=1S/C12H12BrFN2S/c1-12(2,15)10-6-17-11(16-10)8-5-7(13)3-4-9(8)14/h3-6H,15H2,1-2H3. The van der Waals surface area contributed by atoms with Crippen LogP contribution in [-0.4, -0.2) is 4.98 Å². The van der Waals surface area contributed by atoms with Crippen molar-refractivity contribution < 1.29 is 4.39 Å². The van der Waals surface area contributed by atoms with Gasteiger partial charge < -0.3 is 5.73 Å². The summed E-state index contributed by atoms with van der Waals surface area (Å²) in [5, 5.41) is 2.52. The lowest BCUT2D eigenvalue weighted by Crippen LogP contribution is -2.28. The first kappa shape index (κ1) is 12.7. The van der Waals surface area contributed by atoms with Crippen LogP contribution in [-0.2, 0) is 5.54 Å². The molecule has 0 aliphatic carbocycles. The van der Waals surface area contributed by atoms with Crippen molar-refractivity contribution in [3.63, 3.8) is 0 Å². The molecule has 0 radical (unpaired) electrons. The molecule has 1 heterocycles. The van der Waals surface area contributed by atoms with Crippen molar-refractivity contribution in [2.45, 2.75) is 19.4 Å². The molecule has 1 aromatic heterocycles. The second kappa shape index (κ2) is 4.48. The van der Waals surface area contributed by atoms with E-state index in [4.69, 9.17) is 5.73 Å². The molecular weight excluding hydrogens is 303 g/mol. The van der Waals surface area contributed by atoms with Gasteiger partial charge in [-0.1, -0.05) is 15.9 Å². The number of benzene rings is 1. The van der Waals surface area contributed by atoms with E-state index in [0.717, 1.165) is 10.2 Å². The lowest BCUT2D eigenvalue weighted by molar-refractivity contribution is 0.539. The lowest BCUT2D eigenvalue weighted by atomic mass is 10.0. The molecule has 1 aromatic carbocycles.